The molecular formula is C62H80N10O8. The highest BCUT2D eigenvalue weighted by atomic mass is 16.2. The first-order valence-electron chi connectivity index (χ1n) is 28.8. The van der Waals surface area contributed by atoms with Gasteiger partial charge in [0.2, 0.25) is 47.3 Å². The average Bonchev–Trinajstić information content (AvgIpc) is 4.21. The molecule has 1 unspecified atom stereocenters. The Hall–Kier alpha value is -7.44. The number of likely N-dealkylation sites (N-methyl/N-ethyl adjacent to an activating group) is 2. The molecular weight excluding hydrogens is 1010 g/mol. The molecule has 0 radical (unpaired) electrons. The summed E-state index contributed by atoms with van der Waals surface area (Å²) in [6.45, 7) is 4.11. The van der Waals surface area contributed by atoms with Crippen molar-refractivity contribution in [2.45, 2.75) is 165 Å². The van der Waals surface area contributed by atoms with Gasteiger partial charge in [-0.15, -0.1) is 0 Å². The number of nitrogens with one attached hydrogen (secondary N) is 8. The minimum Gasteiger partial charge on any atom is -0.347 e. The molecule has 2 heterocycles. The Balaban J connectivity index is 0.829. The van der Waals surface area contributed by atoms with Gasteiger partial charge in [-0.05, 0) is 175 Å². The van der Waals surface area contributed by atoms with Crippen LogP contribution in [0.4, 0.5) is 11.4 Å². The normalized spacial score (nSPS) is 19.9. The van der Waals surface area contributed by atoms with E-state index in [2.05, 4.69) is 54.7 Å². The third-order valence-corrected chi connectivity index (χ3v) is 16.4. The summed E-state index contributed by atoms with van der Waals surface area (Å²) < 4.78 is 0. The maximum Gasteiger partial charge on any atom is 0.245 e. The lowest BCUT2D eigenvalue weighted by Crippen LogP contribution is -2.55. The number of carbonyl (C=O) groups excluding carboxylic acids is 8. The molecule has 0 saturated carbocycles. The standard InChI is InChI=1S/C62H80N10O8/c1-39(63-3)57(75)69-51(61(79)71-35-13-27-53(71)59(77)67-49-25-11-19-43-17-5-7-23-47(43)49)31-33-55(73)65-45-21-9-15-41(37-45)29-30-42-16-10-22-46(38-42)66-56(74)34-32-52(70-58(76)40(2)64-4)62(80)72-36-14-28-54(72)60(78)68-50-26-12-20-44-18-6-8-24-48(44)50/h5-10,15-18,21-24,37-40,49-54,63-64H,11-14,19-20,25-36H2,1-4H3,(H,65,73)(H,66,74)(H,67,77)(H,68,78)(H,69,75)(H,70,76)/t39-,40-,49+,50+,51-,52?,53-,54-/m0/s1. The molecule has 2 aliphatic carbocycles. The second kappa shape index (κ2) is 28.1. The minimum absolute atomic E-state index is 0.0291. The van der Waals surface area contributed by atoms with E-state index in [9.17, 15) is 38.4 Å². The Morgan fingerprint density at radius 2 is 0.925 bits per heavy atom. The predicted octanol–water partition coefficient (Wildman–Crippen LogP) is 5.46. The lowest BCUT2D eigenvalue weighted by atomic mass is 9.87. The van der Waals surface area contributed by atoms with Crippen LogP contribution in [0.3, 0.4) is 0 Å². The second-order valence-electron chi connectivity index (χ2n) is 21.9. The largest absolute Gasteiger partial charge is 0.347 e. The van der Waals surface area contributed by atoms with E-state index in [1.165, 1.54) is 11.1 Å². The van der Waals surface area contributed by atoms with E-state index < -0.39 is 48.1 Å². The van der Waals surface area contributed by atoms with Crippen molar-refractivity contribution in [2.75, 3.05) is 37.8 Å². The Morgan fingerprint density at radius 3 is 1.34 bits per heavy atom. The van der Waals surface area contributed by atoms with E-state index in [-0.39, 0.29) is 73.2 Å². The number of benzene rings is 4. The molecule has 4 aromatic carbocycles. The number of fused-ring (bicyclic) bond motifs is 2. The Bertz CT molecular complexity index is 2690. The van der Waals surface area contributed by atoms with Gasteiger partial charge in [0.05, 0.1) is 24.2 Å². The van der Waals surface area contributed by atoms with Gasteiger partial charge in [-0.25, -0.2) is 0 Å². The SMILES string of the molecule is CN[C@@H](C)C(=O)NC(CCC(=O)Nc1cccc(CCc2cccc(NC(=O)CC[C@H](NC(=O)[C@H](C)NC)C(=O)N3CCC[C@H]3C(=O)N[C@@H]3CCCc4ccccc43)c2)c1)C(=O)N1CCC[C@H]1C(=O)N[C@@H]1CCCc2ccccc21. The first kappa shape index (κ1) is 58.7. The number of anilines is 2. The number of likely N-dealkylation sites (tertiary alicyclic amines) is 2. The van der Waals surface area contributed by atoms with Gasteiger partial charge in [0.1, 0.15) is 24.2 Å². The second-order valence-corrected chi connectivity index (χ2v) is 21.9. The van der Waals surface area contributed by atoms with Crippen molar-refractivity contribution in [3.8, 4) is 0 Å². The van der Waals surface area contributed by atoms with Crippen molar-refractivity contribution in [1.29, 1.82) is 0 Å². The third-order valence-electron chi connectivity index (χ3n) is 16.4. The van der Waals surface area contributed by atoms with E-state index in [1.807, 2.05) is 72.8 Å². The van der Waals surface area contributed by atoms with Crippen molar-refractivity contribution in [3.63, 3.8) is 0 Å². The zero-order valence-electron chi connectivity index (χ0n) is 46.7. The molecule has 80 heavy (non-hydrogen) atoms. The van der Waals surface area contributed by atoms with Crippen LogP contribution < -0.4 is 42.5 Å². The van der Waals surface area contributed by atoms with E-state index in [0.717, 1.165) is 60.8 Å². The highest BCUT2D eigenvalue weighted by Gasteiger charge is 2.41. The van der Waals surface area contributed by atoms with Gasteiger partial charge < -0.3 is 52.3 Å². The molecule has 2 saturated heterocycles. The van der Waals surface area contributed by atoms with Gasteiger partial charge in [-0.3, -0.25) is 38.4 Å². The number of carbonyl (C=O) groups is 8. The monoisotopic (exact) mass is 1090 g/mol. The molecule has 2 aliphatic heterocycles. The predicted molar refractivity (Wildman–Crippen MR) is 307 cm³/mol. The van der Waals surface area contributed by atoms with Crippen molar-refractivity contribution in [2.24, 2.45) is 0 Å². The van der Waals surface area contributed by atoms with Crippen LogP contribution >= 0.6 is 0 Å². The molecule has 4 aromatic rings. The molecule has 0 spiro atoms. The van der Waals surface area contributed by atoms with Gasteiger partial charge in [0.25, 0.3) is 0 Å². The summed E-state index contributed by atoms with van der Waals surface area (Å²) in [5.41, 5.74) is 7.72. The Labute approximate surface area is 470 Å². The maximum atomic E-state index is 14.3. The van der Waals surface area contributed by atoms with Crippen LogP contribution in [0.25, 0.3) is 0 Å². The number of hydrogen-bond donors (Lipinski definition) is 8. The molecule has 0 aromatic heterocycles. The average molecular weight is 1090 g/mol. The fourth-order valence-electron chi connectivity index (χ4n) is 11.6. The van der Waals surface area contributed by atoms with E-state index in [1.54, 1.807) is 49.9 Å². The van der Waals surface area contributed by atoms with E-state index in [0.29, 0.717) is 63.0 Å². The number of rotatable bonds is 23. The highest BCUT2D eigenvalue weighted by molar-refractivity contribution is 5.97. The summed E-state index contributed by atoms with van der Waals surface area (Å²) in [5.74, 6) is -2.65. The lowest BCUT2D eigenvalue weighted by Gasteiger charge is -2.32. The van der Waals surface area contributed by atoms with Crippen molar-refractivity contribution < 1.29 is 38.4 Å². The Kier molecular flexibility index (Phi) is 20.6. The van der Waals surface area contributed by atoms with Crippen LogP contribution in [0.2, 0.25) is 0 Å². The molecule has 0 bridgehead atoms. The van der Waals surface area contributed by atoms with Crippen LogP contribution in [-0.2, 0) is 64.0 Å². The fourth-order valence-corrected chi connectivity index (χ4v) is 11.6. The van der Waals surface area contributed by atoms with Crippen LogP contribution in [-0.4, -0.2) is 120 Å². The maximum absolute atomic E-state index is 14.3. The van der Waals surface area contributed by atoms with Crippen molar-refractivity contribution >= 4 is 58.6 Å². The lowest BCUT2D eigenvalue weighted by molar-refractivity contribution is -0.142. The van der Waals surface area contributed by atoms with Crippen molar-refractivity contribution in [1.82, 2.24) is 41.7 Å². The van der Waals surface area contributed by atoms with Crippen molar-refractivity contribution in [3.05, 3.63) is 130 Å². The van der Waals surface area contributed by atoms with Gasteiger partial charge in [-0.1, -0.05) is 72.8 Å². The topological polar surface area (TPSA) is 239 Å². The number of aryl methyl sites for hydroxylation is 4. The van der Waals surface area contributed by atoms with Gasteiger partial charge in [-0.2, -0.15) is 0 Å². The van der Waals surface area contributed by atoms with Crippen LogP contribution in [0.5, 0.6) is 0 Å². The summed E-state index contributed by atoms with van der Waals surface area (Å²) in [6, 6.07) is 26.4. The van der Waals surface area contributed by atoms with E-state index >= 15 is 0 Å². The zero-order valence-corrected chi connectivity index (χ0v) is 46.7. The smallest absolute Gasteiger partial charge is 0.245 e. The molecule has 426 valence electrons. The molecule has 8 N–H and O–H groups in total. The van der Waals surface area contributed by atoms with Crippen LogP contribution in [0.1, 0.15) is 136 Å². The van der Waals surface area contributed by atoms with Gasteiger partial charge in [0.15, 0.2) is 0 Å². The molecule has 8 rings (SSSR count). The molecule has 8 atom stereocenters. The zero-order chi connectivity index (χ0) is 56.7. The third kappa shape index (κ3) is 15.3. The quantitative estimate of drug-likeness (QED) is 0.0467. The van der Waals surface area contributed by atoms with Crippen LogP contribution in [0, 0.1) is 0 Å². The summed E-state index contributed by atoms with van der Waals surface area (Å²) in [5, 5.41) is 23.9. The number of hydrogen-bond acceptors (Lipinski definition) is 10. The molecule has 18 heteroatoms. The molecule has 18 nitrogen and oxygen atoms in total. The fraction of sp³-hybridized carbons (Fsp3) is 0.484. The van der Waals surface area contributed by atoms with Gasteiger partial charge >= 0.3 is 0 Å². The number of nitrogens with zero attached hydrogens (tertiary/aromatic N) is 2. The molecule has 2 fully saturated rings. The first-order chi connectivity index (χ1) is 38.7. The summed E-state index contributed by atoms with van der Waals surface area (Å²) >= 11 is 0. The molecule has 4 aliphatic rings. The number of amides is 8. The summed E-state index contributed by atoms with van der Waals surface area (Å²) in [7, 11) is 3.30. The summed E-state index contributed by atoms with van der Waals surface area (Å²) in [4.78, 5) is 113. The van der Waals surface area contributed by atoms with Gasteiger partial charge in [0, 0.05) is 37.3 Å². The van der Waals surface area contributed by atoms with Crippen LogP contribution in [0.15, 0.2) is 97.1 Å². The minimum atomic E-state index is -1.03. The first-order valence-corrected chi connectivity index (χ1v) is 28.8. The summed E-state index contributed by atoms with van der Waals surface area (Å²) in [6.07, 6.45) is 8.92. The molecule has 8 amide bonds. The highest BCUT2D eigenvalue weighted by Crippen LogP contribution is 2.32. The van der Waals surface area contributed by atoms with E-state index in [4.69, 9.17) is 0 Å². The Morgan fingerprint density at radius 1 is 0.512 bits per heavy atom.